The van der Waals surface area contributed by atoms with Crippen molar-refractivity contribution in [3.8, 4) is 0 Å². The van der Waals surface area contributed by atoms with Gasteiger partial charge in [0.15, 0.2) is 0 Å². The van der Waals surface area contributed by atoms with Crippen LogP contribution in [0.3, 0.4) is 0 Å². The molecule has 0 saturated heterocycles. The molecule has 0 radical (unpaired) electrons. The minimum atomic E-state index is -0.611. The number of hydrogen-bond acceptors (Lipinski definition) is 4. The highest BCUT2D eigenvalue weighted by atomic mass is 79.9. The molecule has 0 amide bonds. The summed E-state index contributed by atoms with van der Waals surface area (Å²) < 4.78 is 8.70. The van der Waals surface area contributed by atoms with E-state index in [1.165, 1.54) is 14.2 Å². The summed E-state index contributed by atoms with van der Waals surface area (Å²) in [5, 5.41) is 0. The van der Waals surface area contributed by atoms with Crippen LogP contribution in [0.1, 0.15) is 6.42 Å². The topological polar surface area (TPSA) is 52.6 Å². The van der Waals surface area contributed by atoms with Crippen molar-refractivity contribution >= 4 is 27.9 Å². The van der Waals surface area contributed by atoms with Gasteiger partial charge in [0.25, 0.3) is 0 Å². The van der Waals surface area contributed by atoms with Crippen LogP contribution in [-0.2, 0) is 19.1 Å². The van der Waals surface area contributed by atoms with Crippen LogP contribution in [0, 0.1) is 0 Å². The summed E-state index contributed by atoms with van der Waals surface area (Å²) in [5.74, 6) is -0.923. The summed E-state index contributed by atoms with van der Waals surface area (Å²) in [7, 11) is 2.52. The van der Waals surface area contributed by atoms with Crippen LogP contribution in [-0.4, -0.2) is 31.0 Å². The first kappa shape index (κ1) is 10.4. The lowest BCUT2D eigenvalue weighted by atomic mass is 10.3. The average Bonchev–Trinajstić information content (AvgIpc) is 2.02. The van der Waals surface area contributed by atoms with Gasteiger partial charge in [-0.05, 0) is 0 Å². The number of carbonyl (C=O) groups excluding carboxylic acids is 2. The predicted octanol–water partition coefficient (Wildman–Crippen LogP) is 0.486. The molecule has 0 rings (SSSR count). The lowest BCUT2D eigenvalue weighted by Crippen LogP contribution is -2.19. The number of halogens is 1. The van der Waals surface area contributed by atoms with Gasteiger partial charge in [-0.25, -0.2) is 0 Å². The Hall–Kier alpha value is -0.580. The predicted molar refractivity (Wildman–Crippen MR) is 41.4 cm³/mol. The number of carbonyl (C=O) groups is 2. The summed E-state index contributed by atoms with van der Waals surface area (Å²) in [6.45, 7) is 0. The molecule has 5 heteroatoms. The molecule has 64 valence electrons. The lowest BCUT2D eigenvalue weighted by molar-refractivity contribution is -0.146. The Morgan fingerprint density at radius 2 is 1.91 bits per heavy atom. The molecule has 11 heavy (non-hydrogen) atoms. The van der Waals surface area contributed by atoms with Crippen LogP contribution in [0.4, 0.5) is 0 Å². The Balaban J connectivity index is 3.77. The van der Waals surface area contributed by atoms with Gasteiger partial charge in [0, 0.05) is 0 Å². The van der Waals surface area contributed by atoms with E-state index in [4.69, 9.17) is 0 Å². The number of methoxy groups -OCH3 is 2. The summed E-state index contributed by atoms with van der Waals surface area (Å²) in [6.07, 6.45) is -0.0107. The van der Waals surface area contributed by atoms with E-state index in [1.54, 1.807) is 0 Å². The van der Waals surface area contributed by atoms with Crippen molar-refractivity contribution in [1.82, 2.24) is 0 Å². The third-order valence-electron chi connectivity index (χ3n) is 1.03. The molecule has 0 aliphatic rings. The second-order valence-electron chi connectivity index (χ2n) is 1.77. The molecule has 0 heterocycles. The van der Waals surface area contributed by atoms with E-state index < -0.39 is 16.8 Å². The van der Waals surface area contributed by atoms with Crippen LogP contribution >= 0.6 is 15.9 Å². The minimum absolute atomic E-state index is 0.0107. The Morgan fingerprint density at radius 3 is 2.27 bits per heavy atom. The molecule has 0 spiro atoms. The van der Waals surface area contributed by atoms with Crippen molar-refractivity contribution in [2.45, 2.75) is 11.2 Å². The minimum Gasteiger partial charge on any atom is -0.469 e. The molecule has 0 aliphatic heterocycles. The van der Waals surface area contributed by atoms with Gasteiger partial charge in [0.05, 0.1) is 20.6 Å². The van der Waals surface area contributed by atoms with Crippen LogP contribution in [0.5, 0.6) is 0 Å². The molecule has 0 saturated carbocycles. The van der Waals surface area contributed by atoms with Crippen LogP contribution < -0.4 is 0 Å². The van der Waals surface area contributed by atoms with Crippen molar-refractivity contribution in [3.63, 3.8) is 0 Å². The molecule has 0 aromatic carbocycles. The summed E-state index contributed by atoms with van der Waals surface area (Å²) in [5.41, 5.74) is 0. The molecule has 0 bridgehead atoms. The van der Waals surface area contributed by atoms with E-state index in [0.717, 1.165) is 0 Å². The molecular formula is C6H9BrO4. The molecule has 0 aromatic rings. The number of alkyl halides is 1. The number of rotatable bonds is 3. The van der Waals surface area contributed by atoms with Crippen molar-refractivity contribution in [2.75, 3.05) is 14.2 Å². The van der Waals surface area contributed by atoms with Crippen molar-refractivity contribution in [1.29, 1.82) is 0 Å². The fraction of sp³-hybridized carbons (Fsp3) is 0.667. The summed E-state index contributed by atoms with van der Waals surface area (Å²) in [4.78, 5) is 20.7. The number of esters is 2. The van der Waals surface area contributed by atoms with Gasteiger partial charge in [-0.3, -0.25) is 9.59 Å². The molecule has 1 atom stereocenters. The number of hydrogen-bond donors (Lipinski definition) is 0. The van der Waals surface area contributed by atoms with E-state index in [0.29, 0.717) is 0 Å². The maximum atomic E-state index is 10.7. The van der Waals surface area contributed by atoms with Gasteiger partial charge in [-0.1, -0.05) is 15.9 Å². The van der Waals surface area contributed by atoms with Crippen molar-refractivity contribution in [2.24, 2.45) is 0 Å². The zero-order valence-electron chi connectivity index (χ0n) is 6.30. The molecule has 0 aromatic heterocycles. The molecule has 0 aliphatic carbocycles. The largest absolute Gasteiger partial charge is 0.469 e. The van der Waals surface area contributed by atoms with Crippen molar-refractivity contribution < 1.29 is 19.1 Å². The van der Waals surface area contributed by atoms with E-state index >= 15 is 0 Å². The first-order valence-electron chi connectivity index (χ1n) is 2.90. The third kappa shape index (κ3) is 3.98. The van der Waals surface area contributed by atoms with E-state index in [9.17, 15) is 9.59 Å². The summed E-state index contributed by atoms with van der Waals surface area (Å²) in [6, 6.07) is 0. The Bertz CT molecular complexity index is 157. The fourth-order valence-electron chi connectivity index (χ4n) is 0.441. The fourth-order valence-corrected chi connectivity index (χ4v) is 0.892. The quantitative estimate of drug-likeness (QED) is 0.518. The lowest BCUT2D eigenvalue weighted by Gasteiger charge is -2.04. The average molecular weight is 225 g/mol. The molecule has 0 N–H and O–H groups in total. The highest BCUT2D eigenvalue weighted by Gasteiger charge is 2.19. The summed E-state index contributed by atoms with van der Waals surface area (Å²) >= 11 is 2.97. The van der Waals surface area contributed by atoms with E-state index in [2.05, 4.69) is 25.4 Å². The normalized spacial score (nSPS) is 11.9. The van der Waals surface area contributed by atoms with Crippen LogP contribution in [0.15, 0.2) is 0 Å². The maximum absolute atomic E-state index is 10.7. The Morgan fingerprint density at radius 1 is 1.36 bits per heavy atom. The van der Waals surface area contributed by atoms with Gasteiger partial charge < -0.3 is 9.47 Å². The Labute approximate surface area is 73.0 Å². The Kier molecular flexibility index (Phi) is 4.85. The third-order valence-corrected chi connectivity index (χ3v) is 1.73. The number of ether oxygens (including phenoxy) is 2. The highest BCUT2D eigenvalue weighted by Crippen LogP contribution is 2.07. The smallest absolute Gasteiger partial charge is 0.320 e. The second-order valence-corrected chi connectivity index (χ2v) is 2.88. The highest BCUT2D eigenvalue weighted by molar-refractivity contribution is 9.10. The van der Waals surface area contributed by atoms with E-state index in [1.807, 2.05) is 0 Å². The maximum Gasteiger partial charge on any atom is 0.320 e. The van der Waals surface area contributed by atoms with Gasteiger partial charge >= 0.3 is 11.9 Å². The van der Waals surface area contributed by atoms with Gasteiger partial charge in [0.2, 0.25) is 0 Å². The first-order chi connectivity index (χ1) is 5.11. The second kappa shape index (κ2) is 5.12. The van der Waals surface area contributed by atoms with Crippen molar-refractivity contribution in [3.05, 3.63) is 0 Å². The zero-order chi connectivity index (χ0) is 8.85. The van der Waals surface area contributed by atoms with Gasteiger partial charge in [0.1, 0.15) is 4.83 Å². The molecule has 4 nitrogen and oxygen atoms in total. The van der Waals surface area contributed by atoms with Crippen LogP contribution in [0.2, 0.25) is 0 Å². The molecular weight excluding hydrogens is 216 g/mol. The SMILES string of the molecule is COC(=O)CC(Br)C(=O)OC. The standard InChI is InChI=1S/C6H9BrO4/c1-10-5(8)3-4(7)6(9)11-2/h4H,3H2,1-2H3. The van der Waals surface area contributed by atoms with Crippen LogP contribution in [0.25, 0.3) is 0 Å². The van der Waals surface area contributed by atoms with Gasteiger partial charge in [-0.2, -0.15) is 0 Å². The zero-order valence-corrected chi connectivity index (χ0v) is 7.88. The van der Waals surface area contributed by atoms with Gasteiger partial charge in [-0.15, -0.1) is 0 Å². The molecule has 1 unspecified atom stereocenters. The first-order valence-corrected chi connectivity index (χ1v) is 3.82. The monoisotopic (exact) mass is 224 g/mol. The molecule has 0 fully saturated rings. The van der Waals surface area contributed by atoms with E-state index in [-0.39, 0.29) is 6.42 Å².